The fourth-order valence-electron chi connectivity index (χ4n) is 4.24. The van der Waals surface area contributed by atoms with Gasteiger partial charge in [-0.15, -0.1) is 0 Å². The fourth-order valence-corrected chi connectivity index (χ4v) is 4.24. The first-order valence-corrected chi connectivity index (χ1v) is 10.8. The predicted molar refractivity (Wildman–Crippen MR) is 128 cm³/mol. The highest BCUT2D eigenvalue weighted by molar-refractivity contribution is 5.94. The van der Waals surface area contributed by atoms with E-state index in [-0.39, 0.29) is 5.95 Å². The van der Waals surface area contributed by atoms with E-state index in [9.17, 15) is 0 Å². The third-order valence-corrected chi connectivity index (χ3v) is 5.96. The van der Waals surface area contributed by atoms with Gasteiger partial charge in [0.2, 0.25) is 5.95 Å². The molecule has 2 aromatic carbocycles. The molecular weight excluding hydrogens is 400 g/mol. The Balaban J connectivity index is 1.48. The van der Waals surface area contributed by atoms with Gasteiger partial charge in [0.25, 0.3) is 0 Å². The number of anilines is 2. The van der Waals surface area contributed by atoms with Gasteiger partial charge in [0.1, 0.15) is 5.52 Å². The third kappa shape index (κ3) is 3.89. The minimum atomic E-state index is 0.253. The normalized spacial score (nSPS) is 14.5. The summed E-state index contributed by atoms with van der Waals surface area (Å²) in [4.78, 5) is 13.1. The summed E-state index contributed by atoms with van der Waals surface area (Å²) in [5.74, 6) is 1.01. The van der Waals surface area contributed by atoms with Crippen LogP contribution in [0.15, 0.2) is 71.5 Å². The number of nitrogen functional groups attached to an aromatic ring is 1. The fraction of sp³-hybridized carbons (Fsp3) is 0.240. The van der Waals surface area contributed by atoms with Crippen LogP contribution in [-0.4, -0.2) is 46.2 Å². The van der Waals surface area contributed by atoms with Gasteiger partial charge in [-0.25, -0.2) is 9.97 Å². The number of rotatable bonds is 4. The zero-order chi connectivity index (χ0) is 22.1. The molecule has 2 aromatic heterocycles. The van der Waals surface area contributed by atoms with Crippen LogP contribution < -0.4 is 10.6 Å². The topological polar surface area (TPSA) is 84.3 Å². The number of fused-ring (bicyclic) bond motifs is 1. The zero-order valence-electron chi connectivity index (χ0n) is 18.2. The summed E-state index contributed by atoms with van der Waals surface area (Å²) in [6, 6.07) is 16.3. The number of allylic oxidation sites excluding steroid dienone is 1. The summed E-state index contributed by atoms with van der Waals surface area (Å²) in [5.41, 5.74) is 11.6. The van der Waals surface area contributed by atoms with Gasteiger partial charge in [-0.3, -0.25) is 0 Å². The van der Waals surface area contributed by atoms with Gasteiger partial charge < -0.3 is 20.1 Å². The lowest BCUT2D eigenvalue weighted by atomic mass is 10.0. The SMILES string of the molecule is C=C(C)N1CCCN(c2cccc(-c3onc4ccc(-c5ccnc(N)n5)cc34)c2)CC1. The third-order valence-electron chi connectivity index (χ3n) is 5.96. The number of hydrogen-bond acceptors (Lipinski definition) is 7. The highest BCUT2D eigenvalue weighted by Crippen LogP contribution is 2.33. The molecule has 1 saturated heterocycles. The first-order chi connectivity index (χ1) is 15.6. The number of benzene rings is 2. The molecule has 0 unspecified atom stereocenters. The maximum atomic E-state index is 5.79. The molecule has 0 spiro atoms. The minimum Gasteiger partial charge on any atom is -0.374 e. The maximum absolute atomic E-state index is 5.79. The van der Waals surface area contributed by atoms with E-state index in [1.54, 1.807) is 6.20 Å². The largest absolute Gasteiger partial charge is 0.374 e. The van der Waals surface area contributed by atoms with Gasteiger partial charge in [0.05, 0.1) is 11.1 Å². The van der Waals surface area contributed by atoms with Crippen LogP contribution in [0.4, 0.5) is 11.6 Å². The zero-order valence-corrected chi connectivity index (χ0v) is 18.2. The van der Waals surface area contributed by atoms with Crippen molar-refractivity contribution in [2.45, 2.75) is 13.3 Å². The molecule has 1 fully saturated rings. The van der Waals surface area contributed by atoms with Crippen molar-refractivity contribution in [1.82, 2.24) is 20.0 Å². The van der Waals surface area contributed by atoms with Crippen LogP contribution in [0.3, 0.4) is 0 Å². The number of nitrogens with two attached hydrogens (primary N) is 1. The molecule has 4 aromatic rings. The average Bonchev–Trinajstić information content (AvgIpc) is 3.06. The Kier molecular flexibility index (Phi) is 5.23. The van der Waals surface area contributed by atoms with Crippen molar-refractivity contribution in [3.05, 3.63) is 67.0 Å². The van der Waals surface area contributed by atoms with E-state index in [1.165, 1.54) is 5.69 Å². The van der Waals surface area contributed by atoms with Crippen LogP contribution in [0.5, 0.6) is 0 Å². The molecule has 1 aliphatic rings. The Morgan fingerprint density at radius 2 is 1.94 bits per heavy atom. The number of hydrogen-bond donors (Lipinski definition) is 1. The van der Waals surface area contributed by atoms with E-state index < -0.39 is 0 Å². The molecular formula is C25H26N6O. The van der Waals surface area contributed by atoms with Gasteiger partial charge in [0.15, 0.2) is 5.76 Å². The summed E-state index contributed by atoms with van der Waals surface area (Å²) >= 11 is 0. The summed E-state index contributed by atoms with van der Waals surface area (Å²) in [5, 5.41) is 5.22. The second-order valence-corrected chi connectivity index (χ2v) is 8.16. The molecule has 2 N–H and O–H groups in total. The van der Waals surface area contributed by atoms with Crippen LogP contribution in [0, 0.1) is 0 Å². The van der Waals surface area contributed by atoms with Crippen molar-refractivity contribution < 1.29 is 4.52 Å². The Morgan fingerprint density at radius 1 is 1.03 bits per heavy atom. The molecule has 0 aliphatic carbocycles. The smallest absolute Gasteiger partial charge is 0.220 e. The first-order valence-electron chi connectivity index (χ1n) is 10.8. The van der Waals surface area contributed by atoms with Crippen molar-refractivity contribution in [2.24, 2.45) is 0 Å². The van der Waals surface area contributed by atoms with Gasteiger partial charge in [0, 0.05) is 54.9 Å². The van der Waals surface area contributed by atoms with E-state index in [2.05, 4.69) is 62.7 Å². The number of aromatic nitrogens is 3. The molecule has 5 rings (SSSR count). The second kappa shape index (κ2) is 8.34. The Morgan fingerprint density at radius 3 is 2.78 bits per heavy atom. The summed E-state index contributed by atoms with van der Waals surface area (Å²) in [6.45, 7) is 10.2. The summed E-state index contributed by atoms with van der Waals surface area (Å²) in [6.07, 6.45) is 2.77. The molecule has 32 heavy (non-hydrogen) atoms. The van der Waals surface area contributed by atoms with Crippen LogP contribution >= 0.6 is 0 Å². The first kappa shape index (κ1) is 20.1. The van der Waals surface area contributed by atoms with Gasteiger partial charge >= 0.3 is 0 Å². The lowest BCUT2D eigenvalue weighted by molar-refractivity contribution is 0.371. The van der Waals surface area contributed by atoms with Crippen molar-refractivity contribution in [3.8, 4) is 22.6 Å². The predicted octanol–water partition coefficient (Wildman–Crippen LogP) is 4.58. The monoisotopic (exact) mass is 426 g/mol. The van der Waals surface area contributed by atoms with Gasteiger partial charge in [-0.05, 0) is 43.7 Å². The molecule has 0 atom stereocenters. The quantitative estimate of drug-likeness (QED) is 0.511. The van der Waals surface area contributed by atoms with Crippen molar-refractivity contribution in [1.29, 1.82) is 0 Å². The highest BCUT2D eigenvalue weighted by Gasteiger charge is 2.17. The Hall–Kier alpha value is -3.87. The van der Waals surface area contributed by atoms with E-state index in [0.717, 1.165) is 71.8 Å². The lowest BCUT2D eigenvalue weighted by Gasteiger charge is -2.25. The Labute approximate surface area is 187 Å². The van der Waals surface area contributed by atoms with E-state index in [0.29, 0.717) is 0 Å². The average molecular weight is 427 g/mol. The highest BCUT2D eigenvalue weighted by atomic mass is 16.5. The molecule has 3 heterocycles. The van der Waals surface area contributed by atoms with Crippen molar-refractivity contribution in [3.63, 3.8) is 0 Å². The molecule has 0 amide bonds. The molecule has 0 bridgehead atoms. The minimum absolute atomic E-state index is 0.253. The summed E-state index contributed by atoms with van der Waals surface area (Å²) < 4.78 is 5.79. The molecule has 7 nitrogen and oxygen atoms in total. The maximum Gasteiger partial charge on any atom is 0.220 e. The van der Waals surface area contributed by atoms with E-state index in [1.807, 2.05) is 24.3 Å². The van der Waals surface area contributed by atoms with Gasteiger partial charge in [-0.2, -0.15) is 0 Å². The van der Waals surface area contributed by atoms with Crippen LogP contribution in [-0.2, 0) is 0 Å². The molecule has 1 aliphatic heterocycles. The Bertz CT molecular complexity index is 1280. The summed E-state index contributed by atoms with van der Waals surface area (Å²) in [7, 11) is 0. The molecule has 0 radical (unpaired) electrons. The second-order valence-electron chi connectivity index (χ2n) is 8.16. The van der Waals surface area contributed by atoms with Crippen molar-refractivity contribution in [2.75, 3.05) is 36.8 Å². The standard InChI is InChI=1S/C25H26N6O/c1-17(2)30-11-4-12-31(14-13-30)20-6-3-5-19(15-20)24-21-16-18(7-8-23(21)29-32-24)22-9-10-27-25(26)28-22/h3,5-10,15-16H,1,4,11-14H2,2H3,(H2,26,27,28). The molecule has 0 saturated carbocycles. The van der Waals surface area contributed by atoms with E-state index in [4.69, 9.17) is 10.3 Å². The number of nitrogens with zero attached hydrogens (tertiary/aromatic N) is 5. The molecule has 7 heteroatoms. The van der Waals surface area contributed by atoms with Crippen LogP contribution in [0.25, 0.3) is 33.5 Å². The van der Waals surface area contributed by atoms with E-state index >= 15 is 0 Å². The van der Waals surface area contributed by atoms with Crippen LogP contribution in [0.2, 0.25) is 0 Å². The van der Waals surface area contributed by atoms with Crippen molar-refractivity contribution >= 4 is 22.5 Å². The van der Waals surface area contributed by atoms with Crippen LogP contribution in [0.1, 0.15) is 13.3 Å². The van der Waals surface area contributed by atoms with Gasteiger partial charge in [-0.1, -0.05) is 29.9 Å². The molecule has 162 valence electrons. The lowest BCUT2D eigenvalue weighted by Crippen LogP contribution is -2.29.